The first-order chi connectivity index (χ1) is 15.1. The van der Waals surface area contributed by atoms with E-state index in [9.17, 15) is 28.3 Å². The van der Waals surface area contributed by atoms with Gasteiger partial charge in [0, 0.05) is 44.9 Å². The second kappa shape index (κ2) is 7.59. The van der Waals surface area contributed by atoms with E-state index in [1.54, 1.807) is 19.1 Å². The molecule has 2 N–H and O–H groups in total. The van der Waals surface area contributed by atoms with Crippen LogP contribution in [-0.2, 0) is 11.3 Å². The van der Waals surface area contributed by atoms with Gasteiger partial charge < -0.3 is 20.1 Å². The first kappa shape index (κ1) is 21.8. The lowest BCUT2D eigenvalue weighted by atomic mass is 9.97. The Balaban J connectivity index is 1.72. The zero-order valence-electron chi connectivity index (χ0n) is 17.7. The summed E-state index contributed by atoms with van der Waals surface area (Å²) in [6.45, 7) is 1.91. The van der Waals surface area contributed by atoms with Crippen LogP contribution in [0.3, 0.4) is 0 Å². The molecule has 2 atom stereocenters. The van der Waals surface area contributed by atoms with E-state index in [0.717, 1.165) is 6.07 Å². The highest BCUT2D eigenvalue weighted by molar-refractivity contribution is 5.99. The van der Waals surface area contributed by atoms with Gasteiger partial charge in [-0.25, -0.2) is 8.78 Å². The van der Waals surface area contributed by atoms with Gasteiger partial charge in [0.2, 0.25) is 5.43 Å². The number of halogens is 2. The quantitative estimate of drug-likeness (QED) is 0.724. The third kappa shape index (κ3) is 3.03. The maximum atomic E-state index is 13.9. The fourth-order valence-corrected chi connectivity index (χ4v) is 4.45. The number of carbonyl (C=O) groups is 2. The highest BCUT2D eigenvalue weighted by atomic mass is 19.1. The lowest BCUT2D eigenvalue weighted by Gasteiger charge is -2.52. The maximum Gasteiger partial charge on any atom is 0.278 e. The lowest BCUT2D eigenvalue weighted by Crippen LogP contribution is -2.71. The van der Waals surface area contributed by atoms with E-state index in [4.69, 9.17) is 4.74 Å². The number of hydrogen-bond donors (Lipinski definition) is 2. The molecule has 0 saturated carbocycles. The summed E-state index contributed by atoms with van der Waals surface area (Å²) in [4.78, 5) is 39.9. The number of aromatic nitrogens is 1. The van der Waals surface area contributed by atoms with E-state index in [-0.39, 0.29) is 23.9 Å². The van der Waals surface area contributed by atoms with E-state index >= 15 is 0 Å². The number of rotatable bonds is 3. The highest BCUT2D eigenvalue weighted by Crippen LogP contribution is 2.38. The van der Waals surface area contributed by atoms with Crippen LogP contribution >= 0.6 is 0 Å². The van der Waals surface area contributed by atoms with Crippen LogP contribution in [0.25, 0.3) is 0 Å². The second-order valence-corrected chi connectivity index (χ2v) is 7.86. The molecule has 2 aromatic rings. The van der Waals surface area contributed by atoms with Crippen molar-refractivity contribution in [2.75, 3.05) is 25.7 Å². The number of amides is 2. The molecule has 9 nitrogen and oxygen atoms in total. The van der Waals surface area contributed by atoms with E-state index in [1.165, 1.54) is 21.8 Å². The Hall–Kier alpha value is -3.47. The number of aromatic hydroxyl groups is 1. The van der Waals surface area contributed by atoms with Gasteiger partial charge in [-0.05, 0) is 13.0 Å². The third-order valence-electron chi connectivity index (χ3n) is 6.32. The molecule has 1 aromatic heterocycles. The van der Waals surface area contributed by atoms with Crippen molar-refractivity contribution in [2.45, 2.75) is 31.7 Å². The van der Waals surface area contributed by atoms with Crippen LogP contribution in [0.2, 0.25) is 0 Å². The minimum Gasteiger partial charge on any atom is -0.502 e. The summed E-state index contributed by atoms with van der Waals surface area (Å²) in [5.41, 5.74) is -2.59. The molecule has 170 valence electrons. The minimum absolute atomic E-state index is 0.0202. The predicted octanol–water partition coefficient (Wildman–Crippen LogP) is 0.921. The molecule has 2 amide bonds. The van der Waals surface area contributed by atoms with E-state index in [1.807, 2.05) is 6.92 Å². The molecule has 4 rings (SSSR count). The van der Waals surface area contributed by atoms with Gasteiger partial charge in [-0.3, -0.25) is 24.1 Å². The zero-order chi connectivity index (χ0) is 23.4. The summed E-state index contributed by atoms with van der Waals surface area (Å²) in [6.07, 6.45) is 1.27. The van der Waals surface area contributed by atoms with Gasteiger partial charge in [-0.1, -0.05) is 6.07 Å². The monoisotopic (exact) mass is 448 g/mol. The molecule has 2 aliphatic heterocycles. The Kier molecular flexibility index (Phi) is 5.16. The molecule has 1 aromatic carbocycles. The standard InChI is InChI=1S/C21H22F2N4O5/c1-11-21(6-7-32-11)25(2)20(31)16-18(29)17(28)14(10-27(16)26(21)3)19(30)24-9-12-4-5-13(22)8-15(12)23/h4-5,8,10-11,29H,6-7,9H2,1-3H3,(H,24,30). The molecule has 2 unspecified atom stereocenters. The van der Waals surface area contributed by atoms with Gasteiger partial charge >= 0.3 is 0 Å². The molecular formula is C21H22F2N4O5. The van der Waals surface area contributed by atoms with Gasteiger partial charge in [-0.2, -0.15) is 0 Å². The van der Waals surface area contributed by atoms with Crippen LogP contribution in [-0.4, -0.2) is 59.0 Å². The molecule has 2 aliphatic rings. The number of nitrogens with one attached hydrogen (secondary N) is 1. The first-order valence-corrected chi connectivity index (χ1v) is 9.94. The summed E-state index contributed by atoms with van der Waals surface area (Å²) in [5, 5.41) is 14.6. The topological polar surface area (TPSA) is 104 Å². The second-order valence-electron chi connectivity index (χ2n) is 7.86. The van der Waals surface area contributed by atoms with Crippen molar-refractivity contribution in [2.24, 2.45) is 0 Å². The van der Waals surface area contributed by atoms with Gasteiger partial charge in [0.1, 0.15) is 17.2 Å². The van der Waals surface area contributed by atoms with Crippen LogP contribution < -0.4 is 15.8 Å². The summed E-state index contributed by atoms with van der Waals surface area (Å²) in [5.74, 6) is -3.94. The van der Waals surface area contributed by atoms with Crippen molar-refractivity contribution in [1.29, 1.82) is 0 Å². The molecule has 32 heavy (non-hydrogen) atoms. The van der Waals surface area contributed by atoms with Crippen molar-refractivity contribution in [1.82, 2.24) is 14.9 Å². The van der Waals surface area contributed by atoms with Crippen LogP contribution in [0.4, 0.5) is 8.78 Å². The summed E-state index contributed by atoms with van der Waals surface area (Å²) in [6, 6.07) is 2.91. The molecule has 1 fully saturated rings. The lowest BCUT2D eigenvalue weighted by molar-refractivity contribution is 0.00192. The zero-order valence-corrected chi connectivity index (χ0v) is 17.7. The molecule has 1 saturated heterocycles. The molecule has 0 aliphatic carbocycles. The Labute approximate surface area is 181 Å². The van der Waals surface area contributed by atoms with Crippen molar-refractivity contribution < 1.29 is 28.2 Å². The molecular weight excluding hydrogens is 426 g/mol. The fraction of sp³-hybridized carbons (Fsp3) is 0.381. The van der Waals surface area contributed by atoms with Crippen molar-refractivity contribution >= 4 is 11.8 Å². The van der Waals surface area contributed by atoms with E-state index in [0.29, 0.717) is 19.1 Å². The molecule has 3 heterocycles. The Bertz CT molecular complexity index is 1180. The number of nitrogens with zero attached hydrogens (tertiary/aromatic N) is 3. The Morgan fingerprint density at radius 2 is 2.03 bits per heavy atom. The normalized spacial score (nSPS) is 22.4. The number of carbonyl (C=O) groups excluding carboxylic acids is 2. The average molecular weight is 448 g/mol. The largest absolute Gasteiger partial charge is 0.502 e. The van der Waals surface area contributed by atoms with Crippen molar-refractivity contribution in [3.63, 3.8) is 0 Å². The van der Waals surface area contributed by atoms with Crippen LogP contribution in [0.1, 0.15) is 39.8 Å². The summed E-state index contributed by atoms with van der Waals surface area (Å²) >= 11 is 0. The number of hydrogen-bond acceptors (Lipinski definition) is 6. The van der Waals surface area contributed by atoms with E-state index < -0.39 is 45.9 Å². The summed E-state index contributed by atoms with van der Waals surface area (Å²) in [7, 11) is 3.23. The van der Waals surface area contributed by atoms with Gasteiger partial charge in [-0.15, -0.1) is 0 Å². The van der Waals surface area contributed by atoms with Gasteiger partial charge in [0.25, 0.3) is 11.8 Å². The smallest absolute Gasteiger partial charge is 0.278 e. The van der Waals surface area contributed by atoms with Crippen LogP contribution in [0.15, 0.2) is 29.2 Å². The number of fused-ring (bicyclic) bond motifs is 1. The SMILES string of the molecule is CC1OCCC12N(C)C(=O)c1c(O)c(=O)c(C(=O)NCc3ccc(F)cc3F)cn1N2C. The van der Waals surface area contributed by atoms with Crippen LogP contribution in [0.5, 0.6) is 5.75 Å². The number of ether oxygens (including phenoxy) is 1. The number of benzene rings is 1. The average Bonchev–Trinajstić information content (AvgIpc) is 3.14. The predicted molar refractivity (Wildman–Crippen MR) is 109 cm³/mol. The fourth-order valence-electron chi connectivity index (χ4n) is 4.45. The van der Waals surface area contributed by atoms with Crippen molar-refractivity contribution in [3.8, 4) is 5.75 Å². The highest BCUT2D eigenvalue weighted by Gasteiger charge is 2.55. The van der Waals surface area contributed by atoms with E-state index in [2.05, 4.69) is 5.32 Å². The minimum atomic E-state index is -1.03. The van der Waals surface area contributed by atoms with Crippen molar-refractivity contribution in [3.05, 3.63) is 63.1 Å². The maximum absolute atomic E-state index is 13.9. The van der Waals surface area contributed by atoms with Crippen LogP contribution in [0, 0.1) is 11.6 Å². The first-order valence-electron chi connectivity index (χ1n) is 9.94. The molecule has 0 bridgehead atoms. The third-order valence-corrected chi connectivity index (χ3v) is 6.32. The van der Waals surface area contributed by atoms with Gasteiger partial charge in [0.15, 0.2) is 17.1 Å². The molecule has 0 radical (unpaired) electrons. The molecule has 1 spiro atoms. The molecule has 11 heteroatoms. The Morgan fingerprint density at radius 3 is 2.66 bits per heavy atom. The summed E-state index contributed by atoms with van der Waals surface area (Å²) < 4.78 is 33.9. The van der Waals surface area contributed by atoms with Gasteiger partial charge in [0.05, 0.1) is 12.7 Å². The number of pyridine rings is 1. The Morgan fingerprint density at radius 1 is 1.31 bits per heavy atom. The number of likely N-dealkylation sites (N-methyl/N-ethyl adjacent to an activating group) is 2.